The van der Waals surface area contributed by atoms with Crippen molar-refractivity contribution >= 4 is 23.2 Å². The molecule has 0 saturated carbocycles. The summed E-state index contributed by atoms with van der Waals surface area (Å²) in [5.74, 6) is -0.0383. The lowest BCUT2D eigenvalue weighted by Gasteiger charge is -2.28. The molecule has 0 fully saturated rings. The van der Waals surface area contributed by atoms with Crippen LogP contribution in [0.15, 0.2) is 109 Å². The molecule has 44 heavy (non-hydrogen) atoms. The van der Waals surface area contributed by atoms with Gasteiger partial charge in [0.05, 0.1) is 9.85 Å². The fraction of sp³-hybridized carbons (Fsp3) is 0.188. The highest BCUT2D eigenvalue weighted by Gasteiger charge is 2.20. The molecule has 0 heterocycles. The molecule has 0 aliphatic rings. The fourth-order valence-electron chi connectivity index (χ4n) is 4.23. The van der Waals surface area contributed by atoms with Gasteiger partial charge in [-0.2, -0.15) is 0 Å². The van der Waals surface area contributed by atoms with E-state index in [0.717, 1.165) is 11.1 Å². The van der Waals surface area contributed by atoms with Gasteiger partial charge in [-0.15, -0.1) is 0 Å². The molecule has 0 bridgehead atoms. The molecule has 4 rings (SSSR count). The summed E-state index contributed by atoms with van der Waals surface area (Å²) in [6, 6.07) is 29.7. The molecular formula is C32H30N4O8. The Morgan fingerprint density at radius 2 is 0.886 bits per heavy atom. The summed E-state index contributed by atoms with van der Waals surface area (Å²) in [5.41, 5.74) is 1.60. The molecule has 0 unspecified atom stereocenters. The summed E-state index contributed by atoms with van der Waals surface area (Å²) in [4.78, 5) is 50.7. The van der Waals surface area contributed by atoms with E-state index in [4.69, 9.17) is 9.47 Å². The first-order valence-corrected chi connectivity index (χ1v) is 13.7. The number of carbonyl (C=O) groups excluding carboxylic acids is 2. The van der Waals surface area contributed by atoms with E-state index >= 15 is 0 Å². The number of nitro benzene ring substituents is 2. The van der Waals surface area contributed by atoms with E-state index in [-0.39, 0.29) is 62.6 Å². The molecule has 0 saturated heterocycles. The first-order chi connectivity index (χ1) is 21.3. The van der Waals surface area contributed by atoms with Crippen LogP contribution in [-0.2, 0) is 22.7 Å². The Morgan fingerprint density at radius 3 is 1.20 bits per heavy atom. The second-order valence-corrected chi connectivity index (χ2v) is 9.68. The van der Waals surface area contributed by atoms with Gasteiger partial charge >= 0.3 is 0 Å². The lowest BCUT2D eigenvalue weighted by molar-refractivity contribution is -0.385. The number of nitrogens with zero attached hydrogens (tertiary/aromatic N) is 4. The Bertz CT molecular complexity index is 1430. The number of amides is 2. The summed E-state index contributed by atoms with van der Waals surface area (Å²) in [5, 5.41) is 21.8. The molecule has 12 nitrogen and oxygen atoms in total. The molecule has 0 spiro atoms. The van der Waals surface area contributed by atoms with Crippen LogP contribution in [-0.4, -0.2) is 57.8 Å². The predicted molar refractivity (Wildman–Crippen MR) is 161 cm³/mol. The highest BCUT2D eigenvalue weighted by atomic mass is 16.6. The largest absolute Gasteiger partial charge is 0.484 e. The molecule has 4 aromatic carbocycles. The lowest BCUT2D eigenvalue weighted by Crippen LogP contribution is -2.43. The maximum Gasteiger partial charge on any atom is 0.269 e. The van der Waals surface area contributed by atoms with E-state index in [1.165, 1.54) is 48.5 Å². The van der Waals surface area contributed by atoms with Crippen molar-refractivity contribution < 1.29 is 28.9 Å². The molecule has 0 atom stereocenters. The van der Waals surface area contributed by atoms with Crippen LogP contribution < -0.4 is 9.47 Å². The van der Waals surface area contributed by atoms with Crippen molar-refractivity contribution in [1.29, 1.82) is 0 Å². The van der Waals surface area contributed by atoms with Gasteiger partial charge in [0.1, 0.15) is 11.5 Å². The number of benzene rings is 4. The molecule has 0 radical (unpaired) electrons. The average Bonchev–Trinajstić information content (AvgIpc) is 3.05. The predicted octanol–water partition coefficient (Wildman–Crippen LogP) is 5.02. The number of ether oxygens (including phenoxy) is 2. The molecule has 12 heteroatoms. The van der Waals surface area contributed by atoms with Crippen molar-refractivity contribution in [2.24, 2.45) is 0 Å². The quantitative estimate of drug-likeness (QED) is 0.137. The second kappa shape index (κ2) is 15.4. The minimum absolute atomic E-state index is 0.0879. The molecule has 4 aromatic rings. The van der Waals surface area contributed by atoms with E-state index in [9.17, 15) is 29.8 Å². The summed E-state index contributed by atoms with van der Waals surface area (Å²) >= 11 is 0. The van der Waals surface area contributed by atoms with Crippen LogP contribution in [0, 0.1) is 20.2 Å². The molecule has 0 aromatic heterocycles. The van der Waals surface area contributed by atoms with Gasteiger partial charge in [-0.1, -0.05) is 60.7 Å². The highest BCUT2D eigenvalue weighted by Crippen LogP contribution is 2.19. The summed E-state index contributed by atoms with van der Waals surface area (Å²) in [7, 11) is 0. The standard InChI is InChI=1S/C32H30N4O8/c37-31(23-43-29-15-11-27(12-16-29)35(39)40)33(21-25-7-3-1-4-8-25)19-20-34(22-26-9-5-2-6-10-26)32(38)24-44-30-17-13-28(14-18-30)36(41)42/h1-18H,19-24H2. The van der Waals surface area contributed by atoms with E-state index in [2.05, 4.69) is 0 Å². The van der Waals surface area contributed by atoms with Crippen LogP contribution in [0.1, 0.15) is 11.1 Å². The smallest absolute Gasteiger partial charge is 0.269 e. The third kappa shape index (κ3) is 9.38. The molecule has 0 aliphatic carbocycles. The van der Waals surface area contributed by atoms with Crippen LogP contribution in [0.5, 0.6) is 11.5 Å². The van der Waals surface area contributed by atoms with Crippen molar-refractivity contribution in [2.75, 3.05) is 26.3 Å². The van der Waals surface area contributed by atoms with Crippen molar-refractivity contribution in [1.82, 2.24) is 9.80 Å². The van der Waals surface area contributed by atoms with Crippen LogP contribution in [0.4, 0.5) is 11.4 Å². The monoisotopic (exact) mass is 598 g/mol. The minimum atomic E-state index is -0.518. The SMILES string of the molecule is O=C(COc1ccc([N+](=O)[O-])cc1)N(CCN(Cc1ccccc1)C(=O)COc1ccc([N+](=O)[O-])cc1)Cc1ccccc1. The fourth-order valence-corrected chi connectivity index (χ4v) is 4.23. The van der Waals surface area contributed by atoms with Gasteiger partial charge in [0.15, 0.2) is 13.2 Å². The van der Waals surface area contributed by atoms with Gasteiger partial charge < -0.3 is 19.3 Å². The van der Waals surface area contributed by atoms with Crippen molar-refractivity contribution in [2.45, 2.75) is 13.1 Å². The van der Waals surface area contributed by atoms with Gasteiger partial charge in [0.2, 0.25) is 0 Å². The summed E-state index contributed by atoms with van der Waals surface area (Å²) in [6.45, 7) is 0.313. The van der Waals surface area contributed by atoms with Gasteiger partial charge in [0, 0.05) is 50.4 Å². The zero-order valence-corrected chi connectivity index (χ0v) is 23.7. The third-order valence-electron chi connectivity index (χ3n) is 6.60. The number of rotatable bonds is 15. The Kier molecular flexibility index (Phi) is 10.9. The lowest BCUT2D eigenvalue weighted by atomic mass is 10.2. The average molecular weight is 599 g/mol. The molecule has 226 valence electrons. The van der Waals surface area contributed by atoms with Crippen molar-refractivity contribution in [3.8, 4) is 11.5 Å². The van der Waals surface area contributed by atoms with E-state index in [1.807, 2.05) is 60.7 Å². The topological polar surface area (TPSA) is 145 Å². The van der Waals surface area contributed by atoms with Crippen LogP contribution >= 0.6 is 0 Å². The molecule has 2 amide bonds. The van der Waals surface area contributed by atoms with Gasteiger partial charge in [-0.05, 0) is 35.4 Å². The number of hydrogen-bond donors (Lipinski definition) is 0. The summed E-state index contributed by atoms with van der Waals surface area (Å²) < 4.78 is 11.3. The molecule has 0 aliphatic heterocycles. The van der Waals surface area contributed by atoms with E-state index in [0.29, 0.717) is 11.5 Å². The van der Waals surface area contributed by atoms with Crippen LogP contribution in [0.2, 0.25) is 0 Å². The Morgan fingerprint density at radius 1 is 0.545 bits per heavy atom. The van der Waals surface area contributed by atoms with Gasteiger partial charge in [-0.3, -0.25) is 29.8 Å². The molecule has 0 N–H and O–H groups in total. The number of non-ortho nitro benzene ring substituents is 2. The highest BCUT2D eigenvalue weighted by molar-refractivity contribution is 5.79. The Balaban J connectivity index is 1.45. The first-order valence-electron chi connectivity index (χ1n) is 13.7. The second-order valence-electron chi connectivity index (χ2n) is 9.68. The van der Waals surface area contributed by atoms with Crippen LogP contribution in [0.25, 0.3) is 0 Å². The Labute approximate surface area is 253 Å². The minimum Gasteiger partial charge on any atom is -0.484 e. The third-order valence-corrected chi connectivity index (χ3v) is 6.60. The summed E-state index contributed by atoms with van der Waals surface area (Å²) in [6.07, 6.45) is 0. The Hall–Kier alpha value is -5.78. The maximum atomic E-state index is 13.3. The van der Waals surface area contributed by atoms with Gasteiger partial charge in [-0.25, -0.2) is 0 Å². The van der Waals surface area contributed by atoms with Crippen molar-refractivity contribution in [3.05, 3.63) is 141 Å². The number of carbonyl (C=O) groups is 2. The zero-order chi connectivity index (χ0) is 31.3. The normalized spacial score (nSPS) is 10.5. The number of nitro groups is 2. The van der Waals surface area contributed by atoms with E-state index in [1.54, 1.807) is 9.80 Å². The zero-order valence-electron chi connectivity index (χ0n) is 23.7. The van der Waals surface area contributed by atoms with Crippen LogP contribution in [0.3, 0.4) is 0 Å². The molecular weight excluding hydrogens is 568 g/mol. The maximum absolute atomic E-state index is 13.3. The van der Waals surface area contributed by atoms with E-state index < -0.39 is 9.85 Å². The number of hydrogen-bond acceptors (Lipinski definition) is 8. The van der Waals surface area contributed by atoms with Crippen molar-refractivity contribution in [3.63, 3.8) is 0 Å². The van der Waals surface area contributed by atoms with Gasteiger partial charge in [0.25, 0.3) is 23.2 Å². The first kappa shape index (κ1) is 31.2.